The number of nitrogens with zero attached hydrogens (tertiary/aromatic N) is 1. The van der Waals surface area contributed by atoms with Crippen LogP contribution in [0.1, 0.15) is 0 Å². The summed E-state index contributed by atoms with van der Waals surface area (Å²) in [6, 6.07) is 63.8. The first-order chi connectivity index (χ1) is 22.8. The molecule has 46 heavy (non-hydrogen) atoms. The van der Waals surface area contributed by atoms with Gasteiger partial charge in [-0.3, -0.25) is 0 Å². The van der Waals surface area contributed by atoms with Crippen molar-refractivity contribution >= 4 is 70.1 Å². The molecular formula is C44H29NS. The van der Waals surface area contributed by atoms with E-state index in [1.54, 1.807) is 0 Å². The summed E-state index contributed by atoms with van der Waals surface area (Å²) in [7, 11) is 0. The summed E-state index contributed by atoms with van der Waals surface area (Å²) in [4.78, 5) is 2.42. The number of hydrogen-bond acceptors (Lipinski definition) is 2. The number of fused-ring (bicyclic) bond motifs is 6. The van der Waals surface area contributed by atoms with E-state index in [1.807, 2.05) is 11.3 Å². The second-order valence-corrected chi connectivity index (χ2v) is 12.8. The van der Waals surface area contributed by atoms with Crippen LogP contribution >= 0.6 is 11.3 Å². The third-order valence-corrected chi connectivity index (χ3v) is 10.2. The van der Waals surface area contributed by atoms with Crippen molar-refractivity contribution in [2.75, 3.05) is 4.90 Å². The largest absolute Gasteiger partial charge is 0.310 e. The van der Waals surface area contributed by atoms with Crippen LogP contribution in [0.5, 0.6) is 0 Å². The van der Waals surface area contributed by atoms with Gasteiger partial charge in [0, 0.05) is 36.9 Å². The van der Waals surface area contributed by atoms with Crippen molar-refractivity contribution in [2.24, 2.45) is 0 Å². The van der Waals surface area contributed by atoms with Gasteiger partial charge in [0.15, 0.2) is 0 Å². The summed E-state index contributed by atoms with van der Waals surface area (Å²) < 4.78 is 2.64. The summed E-state index contributed by atoms with van der Waals surface area (Å²) in [5.41, 5.74) is 8.42. The first-order valence-corrected chi connectivity index (χ1v) is 16.5. The Bertz CT molecular complexity index is 2510. The molecule has 0 saturated carbocycles. The summed E-state index contributed by atoms with van der Waals surface area (Å²) in [6.07, 6.45) is 0. The third-order valence-electron chi connectivity index (χ3n) is 9.03. The average molecular weight is 604 g/mol. The van der Waals surface area contributed by atoms with Crippen molar-refractivity contribution in [3.63, 3.8) is 0 Å². The molecule has 0 aliphatic rings. The van der Waals surface area contributed by atoms with Crippen LogP contribution in [0.15, 0.2) is 176 Å². The lowest BCUT2D eigenvalue weighted by molar-refractivity contribution is 1.30. The highest BCUT2D eigenvalue weighted by Crippen LogP contribution is 2.47. The van der Waals surface area contributed by atoms with E-state index in [0.717, 1.165) is 17.1 Å². The molecule has 0 bridgehead atoms. The van der Waals surface area contributed by atoms with Gasteiger partial charge in [0.05, 0.1) is 5.69 Å². The third kappa shape index (κ3) is 4.38. The second-order valence-electron chi connectivity index (χ2n) is 11.7. The summed E-state index contributed by atoms with van der Waals surface area (Å²) >= 11 is 1.90. The molecule has 1 nitrogen and oxygen atoms in total. The van der Waals surface area contributed by atoms with Crippen molar-refractivity contribution in [1.82, 2.24) is 0 Å². The molecule has 9 rings (SSSR count). The molecule has 0 amide bonds. The molecule has 0 radical (unpaired) electrons. The standard InChI is InChI=1S/C44H29NS/c1-4-14-30(15-5-1)35-22-12-24-38-37(35)23-13-25-41(38)45(33-19-8-3-9-20-33)34-26-27-42-40(29-34)43-39(31-16-6-2-7-17-31)28-32-18-10-11-21-36(32)44(43)46-42/h1-29H. The summed E-state index contributed by atoms with van der Waals surface area (Å²) in [5, 5.41) is 7.65. The Labute approximate surface area is 272 Å². The molecule has 1 aromatic heterocycles. The second kappa shape index (κ2) is 11.0. The lowest BCUT2D eigenvalue weighted by Gasteiger charge is -2.27. The zero-order valence-electron chi connectivity index (χ0n) is 25.1. The normalized spacial score (nSPS) is 11.5. The highest BCUT2D eigenvalue weighted by Gasteiger charge is 2.20. The molecule has 0 N–H and O–H groups in total. The van der Waals surface area contributed by atoms with E-state index in [-0.39, 0.29) is 0 Å². The summed E-state index contributed by atoms with van der Waals surface area (Å²) in [5.74, 6) is 0. The quantitative estimate of drug-likeness (QED) is 0.189. The Morgan fingerprint density at radius 2 is 1.02 bits per heavy atom. The Hall–Kier alpha value is -5.70. The maximum atomic E-state index is 2.42. The van der Waals surface area contributed by atoms with Crippen LogP contribution in [-0.2, 0) is 0 Å². The highest BCUT2D eigenvalue weighted by molar-refractivity contribution is 7.26. The molecule has 0 aliphatic carbocycles. The molecule has 2 heteroatoms. The molecule has 0 saturated heterocycles. The van der Waals surface area contributed by atoms with Gasteiger partial charge in [-0.2, -0.15) is 0 Å². The number of anilines is 3. The number of para-hydroxylation sites is 1. The maximum absolute atomic E-state index is 2.42. The fourth-order valence-corrected chi connectivity index (χ4v) is 8.19. The number of benzene rings is 8. The van der Waals surface area contributed by atoms with Gasteiger partial charge in [0.2, 0.25) is 0 Å². The van der Waals surface area contributed by atoms with Gasteiger partial charge < -0.3 is 4.90 Å². The highest BCUT2D eigenvalue weighted by atomic mass is 32.1. The Kier molecular flexibility index (Phi) is 6.40. The SMILES string of the molecule is c1ccc(-c2cccc3c(N(c4ccccc4)c4ccc5sc6c7ccccc7cc(-c7ccccc7)c6c5c4)cccc23)cc1. The van der Waals surface area contributed by atoms with E-state index in [1.165, 1.54) is 64.0 Å². The molecule has 0 fully saturated rings. The van der Waals surface area contributed by atoms with Gasteiger partial charge in [-0.05, 0) is 80.9 Å². The van der Waals surface area contributed by atoms with E-state index in [2.05, 4.69) is 181 Å². The van der Waals surface area contributed by atoms with Crippen molar-refractivity contribution < 1.29 is 0 Å². The molecule has 0 atom stereocenters. The molecule has 0 spiro atoms. The van der Waals surface area contributed by atoms with Crippen molar-refractivity contribution in [3.8, 4) is 22.3 Å². The van der Waals surface area contributed by atoms with E-state index in [9.17, 15) is 0 Å². The number of rotatable bonds is 5. The monoisotopic (exact) mass is 603 g/mol. The van der Waals surface area contributed by atoms with Crippen molar-refractivity contribution in [3.05, 3.63) is 176 Å². The van der Waals surface area contributed by atoms with E-state index >= 15 is 0 Å². The fraction of sp³-hybridized carbons (Fsp3) is 0. The first kappa shape index (κ1) is 26.7. The fourth-order valence-electron chi connectivity index (χ4n) is 6.95. The zero-order chi connectivity index (χ0) is 30.5. The van der Waals surface area contributed by atoms with Crippen LogP contribution in [0.25, 0.3) is 64.0 Å². The van der Waals surface area contributed by atoms with Crippen LogP contribution in [0.2, 0.25) is 0 Å². The van der Waals surface area contributed by atoms with Gasteiger partial charge in [-0.15, -0.1) is 11.3 Å². The maximum Gasteiger partial charge on any atom is 0.0540 e. The van der Waals surface area contributed by atoms with Crippen LogP contribution in [0.3, 0.4) is 0 Å². The molecular weight excluding hydrogens is 575 g/mol. The summed E-state index contributed by atoms with van der Waals surface area (Å²) in [6.45, 7) is 0. The minimum atomic E-state index is 1.13. The minimum absolute atomic E-state index is 1.13. The van der Waals surface area contributed by atoms with Crippen LogP contribution in [0.4, 0.5) is 17.1 Å². The molecule has 0 unspecified atom stereocenters. The zero-order valence-corrected chi connectivity index (χ0v) is 25.9. The van der Waals surface area contributed by atoms with Gasteiger partial charge in [0.25, 0.3) is 0 Å². The molecule has 9 aromatic rings. The van der Waals surface area contributed by atoms with E-state index < -0.39 is 0 Å². The number of hydrogen-bond donors (Lipinski definition) is 0. The first-order valence-electron chi connectivity index (χ1n) is 15.7. The van der Waals surface area contributed by atoms with Crippen LogP contribution < -0.4 is 4.90 Å². The molecule has 216 valence electrons. The molecule has 0 aliphatic heterocycles. The molecule has 8 aromatic carbocycles. The van der Waals surface area contributed by atoms with Crippen LogP contribution in [-0.4, -0.2) is 0 Å². The minimum Gasteiger partial charge on any atom is -0.310 e. The topological polar surface area (TPSA) is 3.24 Å². The lowest BCUT2D eigenvalue weighted by atomic mass is 9.95. The van der Waals surface area contributed by atoms with E-state index in [0.29, 0.717) is 0 Å². The van der Waals surface area contributed by atoms with Gasteiger partial charge >= 0.3 is 0 Å². The smallest absolute Gasteiger partial charge is 0.0540 e. The van der Waals surface area contributed by atoms with E-state index in [4.69, 9.17) is 0 Å². The number of thiophene rings is 1. The Morgan fingerprint density at radius 1 is 0.391 bits per heavy atom. The Balaban J connectivity index is 1.33. The Morgan fingerprint density at radius 3 is 1.80 bits per heavy atom. The molecule has 1 heterocycles. The average Bonchev–Trinajstić information content (AvgIpc) is 3.52. The van der Waals surface area contributed by atoms with Crippen molar-refractivity contribution in [2.45, 2.75) is 0 Å². The lowest BCUT2D eigenvalue weighted by Crippen LogP contribution is -2.10. The predicted octanol–water partition coefficient (Wildman–Crippen LogP) is 13.2. The van der Waals surface area contributed by atoms with Gasteiger partial charge in [0.1, 0.15) is 0 Å². The van der Waals surface area contributed by atoms with Gasteiger partial charge in [-0.1, -0.05) is 133 Å². The van der Waals surface area contributed by atoms with Crippen LogP contribution in [0, 0.1) is 0 Å². The van der Waals surface area contributed by atoms with Gasteiger partial charge in [-0.25, -0.2) is 0 Å². The predicted molar refractivity (Wildman–Crippen MR) is 200 cm³/mol. The van der Waals surface area contributed by atoms with Crippen molar-refractivity contribution in [1.29, 1.82) is 0 Å².